The number of carbonyl (C=O) groups excluding carboxylic acids is 3. The Morgan fingerprint density at radius 3 is 2.30 bits per heavy atom. The number of sulfonamides is 1. The van der Waals surface area contributed by atoms with Crippen LogP contribution in [0.4, 0.5) is 9.93 Å². The standard InChI is InChI=1S/C14H22N6O8S2/c1-14(2,3)28-13(25)20(7-10(23)24)6-9(22)16-5-4-8(21)17-11-18-19-12(29-11)30(15,26)27/h4-7H2,1-3H3,(H,16,22)(H,23,24)(H2,15,26,27)(H,17,18,21). The van der Waals surface area contributed by atoms with Crippen LogP contribution in [-0.4, -0.2) is 77.7 Å². The van der Waals surface area contributed by atoms with Crippen molar-refractivity contribution < 1.29 is 37.4 Å². The van der Waals surface area contributed by atoms with Crippen LogP contribution in [0.5, 0.6) is 0 Å². The van der Waals surface area contributed by atoms with E-state index in [1.807, 2.05) is 0 Å². The van der Waals surface area contributed by atoms with Gasteiger partial charge in [0.1, 0.15) is 18.7 Å². The molecular weight excluding hydrogens is 444 g/mol. The van der Waals surface area contributed by atoms with E-state index in [0.29, 0.717) is 16.2 Å². The summed E-state index contributed by atoms with van der Waals surface area (Å²) in [6.45, 7) is 3.30. The number of carbonyl (C=O) groups is 4. The molecule has 0 aliphatic rings. The summed E-state index contributed by atoms with van der Waals surface area (Å²) in [6, 6.07) is 0. The molecule has 0 aromatic carbocycles. The molecule has 0 saturated carbocycles. The first kappa shape index (κ1) is 25.2. The number of hydrogen-bond acceptors (Lipinski definition) is 10. The third kappa shape index (κ3) is 9.57. The van der Waals surface area contributed by atoms with Gasteiger partial charge in [0.25, 0.3) is 10.0 Å². The molecule has 0 saturated heterocycles. The van der Waals surface area contributed by atoms with Gasteiger partial charge in [0.05, 0.1) is 0 Å². The van der Waals surface area contributed by atoms with Crippen molar-refractivity contribution >= 4 is 50.4 Å². The van der Waals surface area contributed by atoms with E-state index in [9.17, 15) is 27.6 Å². The smallest absolute Gasteiger partial charge is 0.411 e. The summed E-state index contributed by atoms with van der Waals surface area (Å²) >= 11 is 0.561. The number of aromatic nitrogens is 2. The van der Waals surface area contributed by atoms with Crippen LogP contribution in [0, 0.1) is 0 Å². The van der Waals surface area contributed by atoms with E-state index < -0.39 is 56.9 Å². The Hall–Kier alpha value is -2.85. The van der Waals surface area contributed by atoms with Gasteiger partial charge in [-0.3, -0.25) is 19.3 Å². The topological polar surface area (TPSA) is 211 Å². The molecule has 1 heterocycles. The van der Waals surface area contributed by atoms with E-state index in [-0.39, 0.29) is 18.1 Å². The molecule has 0 aliphatic carbocycles. The third-order valence-corrected chi connectivity index (χ3v) is 5.03. The molecule has 30 heavy (non-hydrogen) atoms. The SMILES string of the molecule is CC(C)(C)OC(=O)N(CC(=O)O)CC(=O)NCCC(=O)Nc1nnc(S(N)(=O)=O)s1. The Balaban J connectivity index is 2.51. The second-order valence-electron chi connectivity index (χ2n) is 6.80. The number of aliphatic carboxylic acids is 1. The fraction of sp³-hybridized carbons (Fsp3) is 0.571. The number of ether oxygens (including phenoxy) is 1. The van der Waals surface area contributed by atoms with Crippen molar-refractivity contribution in [3.8, 4) is 0 Å². The second-order valence-corrected chi connectivity index (χ2v) is 9.51. The quantitative estimate of drug-likeness (QED) is 0.324. The van der Waals surface area contributed by atoms with Crippen LogP contribution in [0.2, 0.25) is 0 Å². The Morgan fingerprint density at radius 2 is 1.80 bits per heavy atom. The number of hydrogen-bond donors (Lipinski definition) is 4. The lowest BCUT2D eigenvalue weighted by atomic mass is 10.2. The molecule has 1 rings (SSSR count). The van der Waals surface area contributed by atoms with E-state index in [1.165, 1.54) is 0 Å². The van der Waals surface area contributed by atoms with E-state index in [2.05, 4.69) is 20.8 Å². The van der Waals surface area contributed by atoms with Crippen molar-refractivity contribution in [2.24, 2.45) is 5.14 Å². The lowest BCUT2D eigenvalue weighted by Crippen LogP contribution is -2.45. The summed E-state index contributed by atoms with van der Waals surface area (Å²) in [6.07, 6.45) is -1.18. The van der Waals surface area contributed by atoms with Gasteiger partial charge in [-0.15, -0.1) is 10.2 Å². The normalized spacial score (nSPS) is 11.5. The number of nitrogens with two attached hydrogens (primary N) is 1. The van der Waals surface area contributed by atoms with Crippen molar-refractivity contribution in [3.05, 3.63) is 0 Å². The highest BCUT2D eigenvalue weighted by atomic mass is 32.2. The zero-order valence-electron chi connectivity index (χ0n) is 16.4. The van der Waals surface area contributed by atoms with Crippen LogP contribution in [0.3, 0.4) is 0 Å². The largest absolute Gasteiger partial charge is 0.480 e. The summed E-state index contributed by atoms with van der Waals surface area (Å²) in [5.41, 5.74) is -0.879. The average Bonchev–Trinajstić information content (AvgIpc) is 3.00. The molecule has 1 aromatic rings. The van der Waals surface area contributed by atoms with Crippen LogP contribution in [0.15, 0.2) is 4.34 Å². The van der Waals surface area contributed by atoms with Crippen molar-refractivity contribution in [3.63, 3.8) is 0 Å². The molecule has 0 atom stereocenters. The molecule has 14 nitrogen and oxygen atoms in total. The fourth-order valence-corrected chi connectivity index (χ4v) is 3.13. The maximum absolute atomic E-state index is 12.0. The van der Waals surface area contributed by atoms with Crippen LogP contribution >= 0.6 is 11.3 Å². The van der Waals surface area contributed by atoms with Crippen LogP contribution in [0.1, 0.15) is 27.2 Å². The van der Waals surface area contributed by atoms with Crippen molar-refractivity contribution in [1.82, 2.24) is 20.4 Å². The van der Waals surface area contributed by atoms with Gasteiger partial charge in [-0.25, -0.2) is 18.4 Å². The summed E-state index contributed by atoms with van der Waals surface area (Å²) in [5, 5.41) is 25.1. The Morgan fingerprint density at radius 1 is 1.17 bits per heavy atom. The molecule has 5 N–H and O–H groups in total. The van der Waals surface area contributed by atoms with E-state index >= 15 is 0 Å². The lowest BCUT2D eigenvalue weighted by molar-refractivity contribution is -0.138. The van der Waals surface area contributed by atoms with E-state index in [4.69, 9.17) is 15.0 Å². The van der Waals surface area contributed by atoms with Gasteiger partial charge in [0.15, 0.2) is 0 Å². The lowest BCUT2D eigenvalue weighted by Gasteiger charge is -2.25. The molecule has 0 unspecified atom stereocenters. The predicted molar refractivity (Wildman–Crippen MR) is 103 cm³/mol. The first-order chi connectivity index (χ1) is 13.7. The number of primary sulfonamides is 1. The van der Waals surface area contributed by atoms with E-state index in [0.717, 1.165) is 0 Å². The third-order valence-electron chi connectivity index (χ3n) is 2.88. The Labute approximate surface area is 175 Å². The van der Waals surface area contributed by atoms with Gasteiger partial charge in [-0.05, 0) is 20.8 Å². The van der Waals surface area contributed by atoms with Gasteiger partial charge in [-0.2, -0.15) is 0 Å². The molecule has 0 radical (unpaired) electrons. The fourth-order valence-electron chi connectivity index (χ4n) is 1.78. The minimum Gasteiger partial charge on any atom is -0.480 e. The number of amides is 3. The van der Waals surface area contributed by atoms with Gasteiger partial charge < -0.3 is 20.5 Å². The van der Waals surface area contributed by atoms with Gasteiger partial charge in [0, 0.05) is 13.0 Å². The summed E-state index contributed by atoms with van der Waals surface area (Å²) in [7, 11) is -4.03. The molecule has 0 spiro atoms. The highest BCUT2D eigenvalue weighted by molar-refractivity contribution is 7.91. The zero-order valence-corrected chi connectivity index (χ0v) is 18.0. The Kier molecular flexibility index (Phi) is 8.61. The number of anilines is 1. The zero-order chi connectivity index (χ0) is 23.1. The second kappa shape index (κ2) is 10.3. The minimum absolute atomic E-state index is 0.0899. The number of nitrogens with zero attached hydrogens (tertiary/aromatic N) is 3. The average molecular weight is 466 g/mol. The summed E-state index contributed by atoms with van der Waals surface area (Å²) in [5.74, 6) is -2.63. The highest BCUT2D eigenvalue weighted by Gasteiger charge is 2.25. The molecule has 1 aromatic heterocycles. The van der Waals surface area contributed by atoms with Gasteiger partial charge in [0.2, 0.25) is 21.3 Å². The molecule has 0 fully saturated rings. The molecule has 0 bridgehead atoms. The summed E-state index contributed by atoms with van der Waals surface area (Å²) in [4.78, 5) is 47.4. The van der Waals surface area contributed by atoms with Crippen LogP contribution < -0.4 is 15.8 Å². The van der Waals surface area contributed by atoms with Gasteiger partial charge in [-0.1, -0.05) is 11.3 Å². The summed E-state index contributed by atoms with van der Waals surface area (Å²) < 4.78 is 26.8. The maximum atomic E-state index is 12.0. The highest BCUT2D eigenvalue weighted by Crippen LogP contribution is 2.18. The minimum atomic E-state index is -4.03. The molecular formula is C14H22N6O8S2. The maximum Gasteiger partial charge on any atom is 0.411 e. The van der Waals surface area contributed by atoms with Gasteiger partial charge >= 0.3 is 12.1 Å². The molecule has 0 aliphatic heterocycles. The monoisotopic (exact) mass is 466 g/mol. The Bertz CT molecular complexity index is 908. The number of carboxylic acids is 1. The van der Waals surface area contributed by atoms with Crippen LogP contribution in [0.25, 0.3) is 0 Å². The first-order valence-electron chi connectivity index (χ1n) is 8.30. The van der Waals surface area contributed by atoms with Crippen molar-refractivity contribution in [1.29, 1.82) is 0 Å². The number of nitrogens with one attached hydrogen (secondary N) is 2. The van der Waals surface area contributed by atoms with Crippen molar-refractivity contribution in [2.45, 2.75) is 37.1 Å². The molecule has 168 valence electrons. The van der Waals surface area contributed by atoms with Crippen LogP contribution in [-0.2, 0) is 29.1 Å². The van der Waals surface area contributed by atoms with E-state index in [1.54, 1.807) is 20.8 Å². The molecule has 16 heteroatoms. The van der Waals surface area contributed by atoms with Crippen molar-refractivity contribution in [2.75, 3.05) is 25.0 Å². The predicted octanol–water partition coefficient (Wildman–Crippen LogP) is -1.05. The number of rotatable bonds is 9. The first-order valence-corrected chi connectivity index (χ1v) is 10.7. The molecule has 3 amide bonds. The number of carboxylic acid groups (broad SMARTS) is 1.